The zero-order valence-corrected chi connectivity index (χ0v) is 19.1. The molecule has 0 atom stereocenters. The number of hydrogen-bond acceptors (Lipinski definition) is 6. The van der Waals surface area contributed by atoms with Crippen molar-refractivity contribution in [3.8, 4) is 0 Å². The lowest BCUT2D eigenvalue weighted by Crippen LogP contribution is -2.37. The van der Waals surface area contributed by atoms with Crippen molar-refractivity contribution < 1.29 is 22.7 Å². The van der Waals surface area contributed by atoms with Gasteiger partial charge in [-0.25, -0.2) is 8.42 Å². The topological polar surface area (TPSA) is 93.6 Å². The highest BCUT2D eigenvalue weighted by molar-refractivity contribution is 7.93. The van der Waals surface area contributed by atoms with Crippen molar-refractivity contribution in [2.75, 3.05) is 11.4 Å². The van der Waals surface area contributed by atoms with E-state index in [4.69, 9.17) is 11.6 Å². The maximum atomic E-state index is 13.5. The Labute approximate surface area is 191 Å². The number of benzene rings is 2. The van der Waals surface area contributed by atoms with Crippen LogP contribution in [0, 0.1) is 6.92 Å². The minimum Gasteiger partial charge on any atom is -0.469 e. The van der Waals surface area contributed by atoms with Gasteiger partial charge in [0.05, 0.1) is 17.7 Å². The van der Waals surface area contributed by atoms with Gasteiger partial charge in [-0.3, -0.25) is 14.6 Å². The lowest BCUT2D eigenvalue weighted by atomic mass is 10.1. The van der Waals surface area contributed by atoms with Crippen molar-refractivity contribution in [1.82, 2.24) is 4.98 Å². The van der Waals surface area contributed by atoms with E-state index >= 15 is 0 Å². The summed E-state index contributed by atoms with van der Waals surface area (Å²) >= 11 is 5.95. The molecule has 0 bridgehead atoms. The van der Waals surface area contributed by atoms with Gasteiger partial charge >= 0.3 is 5.97 Å². The molecule has 0 aliphatic carbocycles. The monoisotopic (exact) mass is 472 g/mol. The van der Waals surface area contributed by atoms with Gasteiger partial charge in [-0.2, -0.15) is 4.31 Å². The minimum atomic E-state index is -4.25. The Hall–Kier alpha value is -3.23. The highest BCUT2D eigenvalue weighted by Gasteiger charge is 2.32. The van der Waals surface area contributed by atoms with Crippen LogP contribution in [0.5, 0.6) is 0 Å². The summed E-state index contributed by atoms with van der Waals surface area (Å²) in [6.45, 7) is 1.71. The number of nitrogens with zero attached hydrogens (tertiary/aromatic N) is 2. The van der Waals surface area contributed by atoms with E-state index in [0.717, 1.165) is 9.87 Å². The number of aromatic nitrogens is 1. The molecule has 9 heteroatoms. The van der Waals surface area contributed by atoms with Crippen molar-refractivity contribution in [1.29, 1.82) is 0 Å². The Morgan fingerprint density at radius 3 is 2.28 bits per heavy atom. The van der Waals surface area contributed by atoms with E-state index in [1.165, 1.54) is 61.8 Å². The fourth-order valence-electron chi connectivity index (χ4n) is 3.02. The number of methoxy groups -OCH3 is 1. The van der Waals surface area contributed by atoms with Gasteiger partial charge in [-0.05, 0) is 67.4 Å². The van der Waals surface area contributed by atoms with E-state index in [-0.39, 0.29) is 28.5 Å². The Kier molecular flexibility index (Phi) is 7.27. The zero-order valence-electron chi connectivity index (χ0n) is 17.5. The highest BCUT2D eigenvalue weighted by atomic mass is 35.5. The van der Waals surface area contributed by atoms with Gasteiger partial charge in [0.15, 0.2) is 0 Å². The molecule has 0 saturated carbocycles. The molecule has 166 valence electrons. The summed E-state index contributed by atoms with van der Waals surface area (Å²) < 4.78 is 32.4. The SMILES string of the molecule is COC(=O)CCc1ccc(S(=O)(=O)N(C(=O)c2ccnc(C)c2)c2ccc(Cl)cc2)cc1. The van der Waals surface area contributed by atoms with E-state index < -0.39 is 15.9 Å². The lowest BCUT2D eigenvalue weighted by Gasteiger charge is -2.23. The first kappa shape index (κ1) is 23.4. The number of amides is 1. The van der Waals surface area contributed by atoms with Crippen LogP contribution in [0.25, 0.3) is 0 Å². The second kappa shape index (κ2) is 9.93. The summed E-state index contributed by atoms with van der Waals surface area (Å²) in [6.07, 6.45) is 2.04. The predicted octanol–water partition coefficient (Wildman–Crippen LogP) is 4.18. The normalized spacial score (nSPS) is 11.1. The molecular weight excluding hydrogens is 452 g/mol. The number of ether oxygens (including phenoxy) is 1. The summed E-state index contributed by atoms with van der Waals surface area (Å²) in [7, 11) is -2.94. The van der Waals surface area contributed by atoms with Crippen LogP contribution >= 0.6 is 11.6 Å². The Morgan fingerprint density at radius 2 is 1.69 bits per heavy atom. The van der Waals surface area contributed by atoms with Crippen molar-refractivity contribution in [3.63, 3.8) is 0 Å². The number of halogens is 1. The second-order valence-electron chi connectivity index (χ2n) is 6.96. The van der Waals surface area contributed by atoms with Crippen LogP contribution in [-0.4, -0.2) is 32.4 Å². The summed E-state index contributed by atoms with van der Waals surface area (Å²) in [4.78, 5) is 28.7. The molecule has 7 nitrogen and oxygen atoms in total. The third-order valence-electron chi connectivity index (χ3n) is 4.70. The Morgan fingerprint density at radius 1 is 1.03 bits per heavy atom. The number of anilines is 1. The molecule has 0 N–H and O–H groups in total. The largest absolute Gasteiger partial charge is 0.469 e. The summed E-state index contributed by atoms with van der Waals surface area (Å²) in [5, 5.41) is 0.410. The van der Waals surface area contributed by atoms with E-state index in [0.29, 0.717) is 17.1 Å². The molecule has 0 radical (unpaired) electrons. The molecule has 0 unspecified atom stereocenters. The van der Waals surface area contributed by atoms with Gasteiger partial charge in [0.2, 0.25) is 0 Å². The fourth-order valence-corrected chi connectivity index (χ4v) is 4.56. The maximum absolute atomic E-state index is 13.5. The number of aryl methyl sites for hydroxylation is 2. The first-order chi connectivity index (χ1) is 15.2. The van der Waals surface area contributed by atoms with Crippen LogP contribution in [0.15, 0.2) is 71.8 Å². The maximum Gasteiger partial charge on any atom is 0.305 e. The Balaban J connectivity index is 2.00. The van der Waals surface area contributed by atoms with Crippen LogP contribution < -0.4 is 4.31 Å². The number of esters is 1. The molecular formula is C23H21ClN2O5S. The number of rotatable bonds is 7. The van der Waals surface area contributed by atoms with E-state index in [1.54, 1.807) is 19.1 Å². The molecule has 1 heterocycles. The van der Waals surface area contributed by atoms with Crippen molar-refractivity contribution in [2.45, 2.75) is 24.7 Å². The molecule has 0 aliphatic rings. The molecule has 3 aromatic rings. The third-order valence-corrected chi connectivity index (χ3v) is 6.67. The van der Waals surface area contributed by atoms with Crippen LogP contribution in [0.2, 0.25) is 5.02 Å². The van der Waals surface area contributed by atoms with Crippen molar-refractivity contribution in [3.05, 3.63) is 88.7 Å². The molecule has 2 aromatic carbocycles. The number of hydrogen-bond donors (Lipinski definition) is 0. The predicted molar refractivity (Wildman–Crippen MR) is 121 cm³/mol. The third kappa shape index (κ3) is 5.33. The van der Waals surface area contributed by atoms with E-state index in [1.807, 2.05) is 0 Å². The average Bonchev–Trinajstić information content (AvgIpc) is 2.79. The molecule has 0 aliphatic heterocycles. The van der Waals surface area contributed by atoms with Crippen LogP contribution in [0.3, 0.4) is 0 Å². The first-order valence-electron chi connectivity index (χ1n) is 9.66. The quantitative estimate of drug-likeness (QED) is 0.479. The van der Waals surface area contributed by atoms with Gasteiger partial charge < -0.3 is 4.74 Å². The van der Waals surface area contributed by atoms with Gasteiger partial charge in [0, 0.05) is 28.9 Å². The van der Waals surface area contributed by atoms with E-state index in [2.05, 4.69) is 9.72 Å². The molecule has 32 heavy (non-hydrogen) atoms. The van der Waals surface area contributed by atoms with Gasteiger partial charge in [0.1, 0.15) is 0 Å². The standard InChI is InChI=1S/C23H21ClN2O5S/c1-16-15-18(13-14-25-16)23(28)26(20-8-6-19(24)7-9-20)32(29,30)21-10-3-17(4-11-21)5-12-22(27)31-2/h3-4,6-11,13-15H,5,12H2,1-2H3. The first-order valence-corrected chi connectivity index (χ1v) is 11.5. The van der Waals surface area contributed by atoms with Crippen LogP contribution in [-0.2, 0) is 26.0 Å². The fraction of sp³-hybridized carbons (Fsp3) is 0.174. The number of carbonyl (C=O) groups is 2. The highest BCUT2D eigenvalue weighted by Crippen LogP contribution is 2.27. The van der Waals surface area contributed by atoms with Gasteiger partial charge in [0.25, 0.3) is 15.9 Å². The van der Waals surface area contributed by atoms with E-state index in [9.17, 15) is 18.0 Å². The number of sulfonamides is 1. The second-order valence-corrected chi connectivity index (χ2v) is 9.18. The average molecular weight is 473 g/mol. The van der Waals surface area contributed by atoms with Gasteiger partial charge in [-0.1, -0.05) is 23.7 Å². The number of carbonyl (C=O) groups excluding carboxylic acids is 2. The molecule has 1 amide bonds. The Bertz CT molecular complexity index is 1230. The molecule has 0 fully saturated rings. The minimum absolute atomic E-state index is 0.0617. The molecule has 3 rings (SSSR count). The van der Waals surface area contributed by atoms with Crippen LogP contribution in [0.4, 0.5) is 5.69 Å². The summed E-state index contributed by atoms with van der Waals surface area (Å²) in [5.74, 6) is -1.07. The van der Waals surface area contributed by atoms with Crippen molar-refractivity contribution >= 4 is 39.2 Å². The number of pyridine rings is 1. The molecule has 1 aromatic heterocycles. The van der Waals surface area contributed by atoms with Gasteiger partial charge in [-0.15, -0.1) is 0 Å². The van der Waals surface area contributed by atoms with Crippen LogP contribution in [0.1, 0.15) is 28.0 Å². The molecule has 0 spiro atoms. The molecule has 0 saturated heterocycles. The summed E-state index contributed by atoms with van der Waals surface area (Å²) in [5.41, 5.74) is 1.69. The zero-order chi connectivity index (χ0) is 23.3. The van der Waals surface area contributed by atoms with Crippen molar-refractivity contribution in [2.24, 2.45) is 0 Å². The lowest BCUT2D eigenvalue weighted by molar-refractivity contribution is -0.140. The smallest absolute Gasteiger partial charge is 0.305 e. The summed E-state index contributed by atoms with van der Waals surface area (Å²) in [6, 6.07) is 15.0.